The smallest absolute Gasteiger partial charge is 0.0332 e. The van der Waals surface area contributed by atoms with E-state index < -0.39 is 0 Å². The van der Waals surface area contributed by atoms with Gasteiger partial charge in [0, 0.05) is 0 Å². The Labute approximate surface area is 155 Å². The molecule has 0 aromatic heterocycles. The molecule has 0 fully saturated rings. The number of rotatable bonds is 18. The van der Waals surface area contributed by atoms with Crippen molar-refractivity contribution in [1.82, 2.24) is 0 Å². The Morgan fingerprint density at radius 3 is 1.08 bits per heavy atom. The summed E-state index contributed by atoms with van der Waals surface area (Å²) in [6.45, 7) is 10.8. The maximum Gasteiger partial charge on any atom is -0.0332 e. The Morgan fingerprint density at radius 2 is 0.792 bits per heavy atom. The lowest BCUT2D eigenvalue weighted by molar-refractivity contribution is 0.460. The van der Waals surface area contributed by atoms with Crippen molar-refractivity contribution in [1.29, 1.82) is 0 Å². The molecule has 0 amide bonds. The fraction of sp³-hybridized carbons (Fsp3) is 0.917. The molecule has 0 aliphatic carbocycles. The summed E-state index contributed by atoms with van der Waals surface area (Å²) < 4.78 is 0. The van der Waals surface area contributed by atoms with Gasteiger partial charge in [0.25, 0.3) is 0 Å². The molecular formula is C24H48. The van der Waals surface area contributed by atoms with Gasteiger partial charge >= 0.3 is 0 Å². The summed E-state index contributed by atoms with van der Waals surface area (Å²) in [4.78, 5) is 0. The van der Waals surface area contributed by atoms with Crippen LogP contribution in [0.4, 0.5) is 0 Å². The predicted molar refractivity (Wildman–Crippen MR) is 112 cm³/mol. The van der Waals surface area contributed by atoms with Crippen molar-refractivity contribution < 1.29 is 0 Å². The second kappa shape index (κ2) is 17.8. The molecule has 0 rings (SSSR count). The van der Waals surface area contributed by atoms with Crippen LogP contribution < -0.4 is 0 Å². The topological polar surface area (TPSA) is 0 Å². The summed E-state index contributed by atoms with van der Waals surface area (Å²) in [6, 6.07) is 0. The largest absolute Gasteiger partial charge is 0.0599 e. The van der Waals surface area contributed by atoms with Crippen molar-refractivity contribution in [2.24, 2.45) is 5.41 Å². The van der Waals surface area contributed by atoms with Crippen LogP contribution in [0.3, 0.4) is 0 Å². The van der Waals surface area contributed by atoms with Crippen LogP contribution in [-0.2, 0) is 0 Å². The summed E-state index contributed by atoms with van der Waals surface area (Å²) in [7, 11) is 0. The van der Waals surface area contributed by atoms with Gasteiger partial charge < -0.3 is 0 Å². The Hall–Kier alpha value is 0. The van der Waals surface area contributed by atoms with Crippen molar-refractivity contribution >= 4 is 0 Å². The van der Waals surface area contributed by atoms with Crippen LogP contribution in [0.1, 0.15) is 136 Å². The van der Waals surface area contributed by atoms with Gasteiger partial charge in [-0.25, -0.2) is 0 Å². The molecule has 0 spiro atoms. The van der Waals surface area contributed by atoms with E-state index >= 15 is 0 Å². The zero-order valence-corrected chi connectivity index (χ0v) is 17.5. The van der Waals surface area contributed by atoms with Crippen LogP contribution in [0.15, 0.2) is 0 Å². The minimum atomic E-state index is 0.409. The molecule has 24 heavy (non-hydrogen) atoms. The van der Waals surface area contributed by atoms with Gasteiger partial charge in [0.2, 0.25) is 0 Å². The first kappa shape index (κ1) is 24.0. The molecule has 0 saturated heterocycles. The summed E-state index contributed by atoms with van der Waals surface area (Å²) in [5.74, 6) is 0. The van der Waals surface area contributed by atoms with E-state index in [0.29, 0.717) is 5.41 Å². The highest BCUT2D eigenvalue weighted by Crippen LogP contribution is 2.21. The first-order valence-electron chi connectivity index (χ1n) is 11.2. The van der Waals surface area contributed by atoms with E-state index in [0.717, 1.165) is 6.42 Å². The Morgan fingerprint density at radius 1 is 0.500 bits per heavy atom. The maximum absolute atomic E-state index is 3.90. The maximum atomic E-state index is 3.90. The summed E-state index contributed by atoms with van der Waals surface area (Å²) >= 11 is 0. The summed E-state index contributed by atoms with van der Waals surface area (Å²) in [5.41, 5.74) is 0.409. The highest BCUT2D eigenvalue weighted by Gasteiger charge is 2.08. The molecule has 0 nitrogen and oxygen atoms in total. The lowest BCUT2D eigenvalue weighted by atomic mass is 9.89. The van der Waals surface area contributed by atoms with Crippen molar-refractivity contribution in [3.8, 4) is 0 Å². The number of hydrogen-bond donors (Lipinski definition) is 0. The first-order valence-corrected chi connectivity index (χ1v) is 11.2. The molecule has 0 heterocycles. The van der Waals surface area contributed by atoms with E-state index in [1.165, 1.54) is 109 Å². The van der Waals surface area contributed by atoms with Gasteiger partial charge in [0.15, 0.2) is 0 Å². The van der Waals surface area contributed by atoms with E-state index in [2.05, 4.69) is 34.1 Å². The Kier molecular flexibility index (Phi) is 17.8. The molecule has 0 atom stereocenters. The molecule has 0 heteroatoms. The molecule has 0 aliphatic rings. The average Bonchev–Trinajstić information content (AvgIpc) is 2.52. The van der Waals surface area contributed by atoms with Crippen molar-refractivity contribution in [2.45, 2.75) is 136 Å². The molecule has 0 aliphatic heterocycles. The van der Waals surface area contributed by atoms with E-state index in [1.54, 1.807) is 0 Å². The molecule has 0 saturated carbocycles. The van der Waals surface area contributed by atoms with Crippen LogP contribution in [-0.4, -0.2) is 0 Å². The lowest BCUT2D eigenvalue weighted by Gasteiger charge is -2.16. The molecule has 0 unspecified atom stereocenters. The van der Waals surface area contributed by atoms with Gasteiger partial charge in [0.1, 0.15) is 0 Å². The average molecular weight is 337 g/mol. The normalized spacial score (nSPS) is 12.0. The molecule has 0 aromatic rings. The van der Waals surface area contributed by atoms with Crippen LogP contribution >= 0.6 is 0 Å². The summed E-state index contributed by atoms with van der Waals surface area (Å²) in [5, 5.41) is 0. The third-order valence-electron chi connectivity index (χ3n) is 4.96. The standard InChI is InChI=1S/C24H48/c1-5-6-7-8-9-10-11-12-13-14-15-16-17-18-19-20-21-22-23-24(2,3)4/h23H,1,5-22H2,2-4H3. The third-order valence-corrected chi connectivity index (χ3v) is 4.96. The first-order chi connectivity index (χ1) is 11.6. The van der Waals surface area contributed by atoms with Crippen LogP contribution in [0.5, 0.6) is 0 Å². The fourth-order valence-electron chi connectivity index (χ4n) is 3.33. The zero-order valence-electron chi connectivity index (χ0n) is 17.5. The van der Waals surface area contributed by atoms with Gasteiger partial charge in [-0.15, -0.1) is 0 Å². The fourth-order valence-corrected chi connectivity index (χ4v) is 3.33. The van der Waals surface area contributed by atoms with Gasteiger partial charge in [0.05, 0.1) is 0 Å². The highest BCUT2D eigenvalue weighted by atomic mass is 14.1. The molecule has 0 N–H and O–H groups in total. The second-order valence-corrected chi connectivity index (χ2v) is 8.87. The van der Waals surface area contributed by atoms with Gasteiger partial charge in [-0.1, -0.05) is 137 Å². The monoisotopic (exact) mass is 336 g/mol. The third kappa shape index (κ3) is 22.0. The summed E-state index contributed by atoms with van der Waals surface area (Å²) in [6.07, 6.45) is 28.0. The second-order valence-electron chi connectivity index (χ2n) is 8.87. The van der Waals surface area contributed by atoms with Gasteiger partial charge in [-0.3, -0.25) is 0 Å². The minimum absolute atomic E-state index is 0.409. The van der Waals surface area contributed by atoms with Crippen LogP contribution in [0.2, 0.25) is 0 Å². The van der Waals surface area contributed by atoms with Crippen molar-refractivity contribution in [3.63, 3.8) is 0 Å². The lowest BCUT2D eigenvalue weighted by Crippen LogP contribution is -2.04. The SMILES string of the molecule is [CH2]CCCCCCCCCCCCCCCCCC[CH]C(C)(C)C. The van der Waals surface area contributed by atoms with Crippen molar-refractivity contribution in [2.75, 3.05) is 0 Å². The molecule has 0 bridgehead atoms. The van der Waals surface area contributed by atoms with E-state index in [-0.39, 0.29) is 0 Å². The molecule has 2 radical (unpaired) electrons. The minimum Gasteiger partial charge on any atom is -0.0599 e. The van der Waals surface area contributed by atoms with Crippen LogP contribution in [0, 0.1) is 18.8 Å². The van der Waals surface area contributed by atoms with E-state index in [4.69, 9.17) is 0 Å². The van der Waals surface area contributed by atoms with E-state index in [9.17, 15) is 0 Å². The molecule has 144 valence electrons. The quantitative estimate of drug-likeness (QED) is 0.219. The number of unbranched alkanes of at least 4 members (excludes halogenated alkanes) is 17. The zero-order chi connectivity index (χ0) is 17.9. The predicted octanol–water partition coefficient (Wildman–Crippen LogP) is 9.09. The van der Waals surface area contributed by atoms with Crippen LogP contribution in [0.25, 0.3) is 0 Å². The van der Waals surface area contributed by atoms with Gasteiger partial charge in [-0.05, 0) is 18.3 Å². The molecule has 0 aromatic carbocycles. The number of hydrogen-bond acceptors (Lipinski definition) is 0. The Bertz CT molecular complexity index is 223. The van der Waals surface area contributed by atoms with E-state index in [1.807, 2.05) is 0 Å². The van der Waals surface area contributed by atoms with Crippen molar-refractivity contribution in [3.05, 3.63) is 13.3 Å². The Balaban J connectivity index is 3.00. The van der Waals surface area contributed by atoms with Gasteiger partial charge in [-0.2, -0.15) is 0 Å². The molecular weight excluding hydrogens is 288 g/mol. The highest BCUT2D eigenvalue weighted by molar-refractivity contribution is 4.79.